The van der Waals surface area contributed by atoms with E-state index >= 15 is 0 Å². The van der Waals surface area contributed by atoms with Crippen molar-refractivity contribution in [2.75, 3.05) is 39.6 Å². The summed E-state index contributed by atoms with van der Waals surface area (Å²) in [5.41, 5.74) is 1.22. The summed E-state index contributed by atoms with van der Waals surface area (Å²) in [4.78, 5) is 0. The second kappa shape index (κ2) is 17.8. The molecule has 0 atom stereocenters. The molecule has 2 N–H and O–H groups in total. The van der Waals surface area contributed by atoms with Crippen LogP contribution in [0.25, 0.3) is 0 Å². The summed E-state index contributed by atoms with van der Waals surface area (Å²) in [5.74, 6) is 0. The average molecular weight is 213 g/mol. The predicted octanol–water partition coefficient (Wildman–Crippen LogP) is 0.373. The highest BCUT2D eigenvalue weighted by Crippen LogP contribution is 1.76. The molecule has 0 bridgehead atoms. The number of halogens is 1. The Hall–Kier alpha value is -0.130. The van der Waals surface area contributed by atoms with E-state index in [2.05, 4.69) is 6.58 Å². The minimum atomic E-state index is 0.0417. The molecule has 0 heterocycles. The first-order valence-corrected chi connectivity index (χ1v) is 4.35. The van der Waals surface area contributed by atoms with Crippen LogP contribution in [0.3, 0.4) is 0 Å². The van der Waals surface area contributed by atoms with Crippen LogP contribution in [0.4, 0.5) is 0 Å². The number of rotatable bonds is 7. The lowest BCUT2D eigenvalue weighted by Crippen LogP contribution is -2.09. The first-order valence-electron chi connectivity index (χ1n) is 3.91. The van der Waals surface area contributed by atoms with Gasteiger partial charge in [-0.2, -0.15) is 0 Å². The number of aliphatic hydroxyl groups is 2. The van der Waals surface area contributed by atoms with Crippen LogP contribution in [0.15, 0.2) is 12.1 Å². The minimum Gasteiger partial charge on any atom is -0.394 e. The van der Waals surface area contributed by atoms with Crippen LogP contribution >= 0.6 is 11.6 Å². The third kappa shape index (κ3) is 24.5. The molecule has 0 rings (SSSR count). The van der Waals surface area contributed by atoms with Crippen molar-refractivity contribution in [3.05, 3.63) is 12.1 Å². The Balaban J connectivity index is 0. The maximum Gasteiger partial charge on any atom is 0.0701 e. The van der Waals surface area contributed by atoms with Crippen molar-refractivity contribution in [2.45, 2.75) is 0 Å². The maximum atomic E-state index is 8.26. The molecule has 0 unspecified atom stereocenters. The van der Waals surface area contributed by atoms with Gasteiger partial charge in [0.2, 0.25) is 0 Å². The van der Waals surface area contributed by atoms with Gasteiger partial charge in [-0.1, -0.05) is 18.2 Å². The second-order valence-corrected chi connectivity index (χ2v) is 2.13. The van der Waals surface area contributed by atoms with Gasteiger partial charge in [-0.15, -0.1) is 0 Å². The van der Waals surface area contributed by atoms with E-state index in [0.29, 0.717) is 26.4 Å². The zero-order chi connectivity index (χ0) is 10.4. The fourth-order valence-electron chi connectivity index (χ4n) is 0.451. The molecule has 0 aromatic carbocycles. The molecule has 0 spiro atoms. The maximum absolute atomic E-state index is 8.26. The van der Waals surface area contributed by atoms with E-state index in [1.54, 1.807) is 0 Å². The summed E-state index contributed by atoms with van der Waals surface area (Å²) < 4.78 is 9.75. The number of aliphatic hydroxyl groups excluding tert-OH is 2. The standard InChI is InChI=1S/C6H14O4.C2H3Cl/c7-1-3-9-5-6-10-4-2-8;1-2-3/h7-8H,1-6H2;2H,1H2. The summed E-state index contributed by atoms with van der Waals surface area (Å²) >= 11 is 4.76. The summed E-state index contributed by atoms with van der Waals surface area (Å²) in [6.07, 6.45) is 0. The van der Waals surface area contributed by atoms with Crippen molar-refractivity contribution < 1.29 is 19.7 Å². The van der Waals surface area contributed by atoms with E-state index in [-0.39, 0.29) is 13.2 Å². The average Bonchev–Trinajstić information content (AvgIpc) is 2.13. The van der Waals surface area contributed by atoms with Gasteiger partial charge in [-0.3, -0.25) is 0 Å². The van der Waals surface area contributed by atoms with Crippen molar-refractivity contribution in [1.82, 2.24) is 0 Å². The fraction of sp³-hybridized carbons (Fsp3) is 0.750. The van der Waals surface area contributed by atoms with Gasteiger partial charge in [0, 0.05) is 0 Å². The van der Waals surface area contributed by atoms with E-state index in [0.717, 1.165) is 0 Å². The Kier molecular flexibility index (Phi) is 21.0. The third-order valence-corrected chi connectivity index (χ3v) is 0.843. The van der Waals surface area contributed by atoms with E-state index in [1.807, 2.05) is 0 Å². The Morgan fingerprint density at radius 3 is 1.54 bits per heavy atom. The van der Waals surface area contributed by atoms with Crippen LogP contribution < -0.4 is 0 Å². The molecule has 0 saturated heterocycles. The molecule has 0 amide bonds. The van der Waals surface area contributed by atoms with Crippen molar-refractivity contribution in [1.29, 1.82) is 0 Å². The van der Waals surface area contributed by atoms with Gasteiger partial charge < -0.3 is 19.7 Å². The van der Waals surface area contributed by atoms with Crippen LogP contribution in [-0.4, -0.2) is 49.9 Å². The molecule has 4 nitrogen and oxygen atoms in total. The minimum absolute atomic E-state index is 0.0417. The first kappa shape index (κ1) is 15.3. The van der Waals surface area contributed by atoms with Crippen LogP contribution in [0, 0.1) is 0 Å². The van der Waals surface area contributed by atoms with Gasteiger partial charge in [0.05, 0.1) is 39.6 Å². The first-order chi connectivity index (χ1) is 6.33. The van der Waals surface area contributed by atoms with Gasteiger partial charge in [-0.05, 0) is 5.54 Å². The van der Waals surface area contributed by atoms with Crippen molar-refractivity contribution >= 4 is 11.6 Å². The lowest BCUT2D eigenvalue weighted by atomic mass is 10.7. The third-order valence-electron chi connectivity index (χ3n) is 0.843. The quantitative estimate of drug-likeness (QED) is 0.599. The van der Waals surface area contributed by atoms with Crippen molar-refractivity contribution in [2.24, 2.45) is 0 Å². The Labute approximate surface area is 83.7 Å². The molecule has 0 aliphatic heterocycles. The molecule has 0 aliphatic rings. The molecule has 80 valence electrons. The SMILES string of the molecule is C=CCl.OCCOCCOCCO. The highest BCUT2D eigenvalue weighted by Gasteiger charge is 1.86. The molecule has 0 aromatic rings. The molecular weight excluding hydrogens is 196 g/mol. The Bertz CT molecular complexity index is 82.2. The molecule has 0 saturated carbocycles. The van der Waals surface area contributed by atoms with Gasteiger partial charge in [0.1, 0.15) is 0 Å². The largest absolute Gasteiger partial charge is 0.394 e. The highest BCUT2D eigenvalue weighted by atomic mass is 35.5. The molecule has 13 heavy (non-hydrogen) atoms. The Morgan fingerprint density at radius 1 is 1.00 bits per heavy atom. The molecule has 0 fully saturated rings. The number of hydrogen-bond acceptors (Lipinski definition) is 4. The summed E-state index contributed by atoms with van der Waals surface area (Å²) in [7, 11) is 0. The lowest BCUT2D eigenvalue weighted by Gasteiger charge is -2.01. The number of ether oxygens (including phenoxy) is 2. The van der Waals surface area contributed by atoms with E-state index in [4.69, 9.17) is 31.3 Å². The van der Waals surface area contributed by atoms with Crippen molar-refractivity contribution in [3.8, 4) is 0 Å². The Morgan fingerprint density at radius 2 is 1.31 bits per heavy atom. The summed E-state index contributed by atoms with van der Waals surface area (Å²) in [6, 6.07) is 0. The normalized spacial score (nSPS) is 8.85. The zero-order valence-electron chi connectivity index (χ0n) is 7.62. The monoisotopic (exact) mass is 212 g/mol. The van der Waals surface area contributed by atoms with E-state index in [1.165, 1.54) is 5.54 Å². The topological polar surface area (TPSA) is 58.9 Å². The van der Waals surface area contributed by atoms with Gasteiger partial charge in [-0.25, -0.2) is 0 Å². The molecule has 0 aromatic heterocycles. The van der Waals surface area contributed by atoms with Crippen LogP contribution in [0.5, 0.6) is 0 Å². The summed E-state index contributed by atoms with van der Waals surface area (Å²) in [6.45, 7) is 4.85. The molecule has 0 aliphatic carbocycles. The van der Waals surface area contributed by atoms with Crippen LogP contribution in [-0.2, 0) is 9.47 Å². The zero-order valence-corrected chi connectivity index (χ0v) is 8.37. The lowest BCUT2D eigenvalue weighted by molar-refractivity contribution is 0.0222. The van der Waals surface area contributed by atoms with Gasteiger partial charge >= 0.3 is 0 Å². The predicted molar refractivity (Wildman–Crippen MR) is 51.9 cm³/mol. The molecule has 5 heteroatoms. The highest BCUT2D eigenvalue weighted by molar-refractivity contribution is 6.25. The second-order valence-electron chi connectivity index (χ2n) is 1.83. The number of hydrogen-bond donors (Lipinski definition) is 2. The smallest absolute Gasteiger partial charge is 0.0701 e. The molecule has 0 radical (unpaired) electrons. The van der Waals surface area contributed by atoms with Crippen LogP contribution in [0.2, 0.25) is 0 Å². The van der Waals surface area contributed by atoms with E-state index in [9.17, 15) is 0 Å². The molecular formula is C8H17ClO4. The van der Waals surface area contributed by atoms with Gasteiger partial charge in [0.25, 0.3) is 0 Å². The summed E-state index contributed by atoms with van der Waals surface area (Å²) in [5, 5.41) is 16.5. The van der Waals surface area contributed by atoms with Gasteiger partial charge in [0.15, 0.2) is 0 Å². The fourth-order valence-corrected chi connectivity index (χ4v) is 0.451. The van der Waals surface area contributed by atoms with Crippen molar-refractivity contribution in [3.63, 3.8) is 0 Å². The van der Waals surface area contributed by atoms with Crippen LogP contribution in [0.1, 0.15) is 0 Å². The van der Waals surface area contributed by atoms with E-state index < -0.39 is 0 Å².